The van der Waals surface area contributed by atoms with Crippen molar-refractivity contribution < 1.29 is 19.1 Å². The highest BCUT2D eigenvalue weighted by Crippen LogP contribution is 2.26. The average Bonchev–Trinajstić information content (AvgIpc) is 3.06. The molecule has 1 aliphatic heterocycles. The van der Waals surface area contributed by atoms with Gasteiger partial charge in [0.25, 0.3) is 5.91 Å². The summed E-state index contributed by atoms with van der Waals surface area (Å²) in [7, 11) is 3.08. The predicted octanol–water partition coefficient (Wildman–Crippen LogP) is 2.80. The van der Waals surface area contributed by atoms with Crippen LogP contribution in [0.4, 0.5) is 5.69 Å². The molecule has 6 heteroatoms. The molecule has 27 heavy (non-hydrogen) atoms. The van der Waals surface area contributed by atoms with Crippen LogP contribution in [0.1, 0.15) is 22.3 Å². The van der Waals surface area contributed by atoms with Gasteiger partial charge in [0.2, 0.25) is 5.91 Å². The molecular formula is C21H24N2O4. The number of carbonyl (C=O) groups is 2. The molecule has 1 N–H and O–H groups in total. The smallest absolute Gasteiger partial charge is 0.255 e. The molecule has 0 aromatic heterocycles. The van der Waals surface area contributed by atoms with Gasteiger partial charge in [-0.25, -0.2) is 0 Å². The number of rotatable bonds is 6. The average molecular weight is 368 g/mol. The Bertz CT molecular complexity index is 833. The van der Waals surface area contributed by atoms with Gasteiger partial charge in [0.05, 0.1) is 19.8 Å². The second-order valence-corrected chi connectivity index (χ2v) is 6.69. The molecule has 142 valence electrons. The molecule has 6 nitrogen and oxygen atoms in total. The van der Waals surface area contributed by atoms with E-state index < -0.39 is 0 Å². The Morgan fingerprint density at radius 1 is 1.15 bits per heavy atom. The lowest BCUT2D eigenvalue weighted by molar-refractivity contribution is -0.117. The van der Waals surface area contributed by atoms with Crippen LogP contribution < -0.4 is 19.7 Å². The van der Waals surface area contributed by atoms with Gasteiger partial charge in [-0.05, 0) is 31.2 Å². The van der Waals surface area contributed by atoms with Crippen molar-refractivity contribution >= 4 is 17.5 Å². The monoisotopic (exact) mass is 368 g/mol. The largest absolute Gasteiger partial charge is 0.497 e. The summed E-state index contributed by atoms with van der Waals surface area (Å²) < 4.78 is 10.4. The zero-order valence-corrected chi connectivity index (χ0v) is 15.8. The second-order valence-electron chi connectivity index (χ2n) is 6.69. The summed E-state index contributed by atoms with van der Waals surface area (Å²) in [4.78, 5) is 26.6. The van der Waals surface area contributed by atoms with E-state index in [1.807, 2.05) is 31.2 Å². The van der Waals surface area contributed by atoms with Crippen LogP contribution in [0.5, 0.6) is 11.5 Å². The third-order valence-electron chi connectivity index (χ3n) is 4.76. The molecule has 1 fully saturated rings. The van der Waals surface area contributed by atoms with Crippen LogP contribution in [0.3, 0.4) is 0 Å². The third-order valence-corrected chi connectivity index (χ3v) is 4.76. The van der Waals surface area contributed by atoms with Gasteiger partial charge in [0.1, 0.15) is 11.5 Å². The van der Waals surface area contributed by atoms with Crippen LogP contribution in [-0.4, -0.2) is 39.1 Å². The summed E-state index contributed by atoms with van der Waals surface area (Å²) in [5, 5.41) is 2.92. The molecular weight excluding hydrogens is 344 g/mol. The number of aryl methyl sites for hydroxylation is 1. The first-order valence-corrected chi connectivity index (χ1v) is 8.89. The SMILES string of the molecule is COc1ccc(C(=O)NCC2CC(=O)N(c3ccc(C)cc3)C2)c(OC)c1. The first kappa shape index (κ1) is 18.8. The van der Waals surface area contributed by atoms with E-state index in [1.165, 1.54) is 7.11 Å². The van der Waals surface area contributed by atoms with E-state index >= 15 is 0 Å². The Morgan fingerprint density at radius 2 is 1.89 bits per heavy atom. The first-order valence-electron chi connectivity index (χ1n) is 8.89. The van der Waals surface area contributed by atoms with E-state index in [-0.39, 0.29) is 17.7 Å². The predicted molar refractivity (Wildman–Crippen MR) is 104 cm³/mol. The molecule has 1 aliphatic rings. The van der Waals surface area contributed by atoms with Gasteiger partial charge in [0, 0.05) is 37.2 Å². The van der Waals surface area contributed by atoms with Crippen LogP contribution in [0.25, 0.3) is 0 Å². The second kappa shape index (κ2) is 8.12. The molecule has 3 rings (SSSR count). The van der Waals surface area contributed by atoms with E-state index in [0.29, 0.717) is 36.6 Å². The molecule has 2 amide bonds. The molecule has 2 aromatic carbocycles. The minimum atomic E-state index is -0.226. The number of ether oxygens (including phenoxy) is 2. The Kier molecular flexibility index (Phi) is 5.64. The van der Waals surface area contributed by atoms with Gasteiger partial charge in [-0.3, -0.25) is 9.59 Å². The molecule has 0 radical (unpaired) electrons. The highest BCUT2D eigenvalue weighted by Gasteiger charge is 2.31. The van der Waals surface area contributed by atoms with Gasteiger partial charge in [-0.15, -0.1) is 0 Å². The van der Waals surface area contributed by atoms with Crippen molar-refractivity contribution in [1.82, 2.24) is 5.32 Å². The highest BCUT2D eigenvalue weighted by molar-refractivity contribution is 5.98. The number of hydrogen-bond acceptors (Lipinski definition) is 4. The Balaban J connectivity index is 1.61. The molecule has 1 atom stereocenters. The maximum absolute atomic E-state index is 12.5. The Morgan fingerprint density at radius 3 is 2.56 bits per heavy atom. The summed E-state index contributed by atoms with van der Waals surface area (Å²) in [6.07, 6.45) is 0.425. The van der Waals surface area contributed by atoms with Gasteiger partial charge < -0.3 is 19.7 Å². The molecule has 1 unspecified atom stereocenters. The molecule has 0 bridgehead atoms. The van der Waals surface area contributed by atoms with Crippen molar-refractivity contribution in [3.8, 4) is 11.5 Å². The molecule has 1 saturated heterocycles. The topological polar surface area (TPSA) is 67.9 Å². The summed E-state index contributed by atoms with van der Waals surface area (Å²) in [6, 6.07) is 13.0. The van der Waals surface area contributed by atoms with Crippen molar-refractivity contribution in [1.29, 1.82) is 0 Å². The number of nitrogens with one attached hydrogen (secondary N) is 1. The van der Waals surface area contributed by atoms with Crippen LogP contribution in [0, 0.1) is 12.8 Å². The standard InChI is InChI=1S/C21H24N2O4/c1-14-4-6-16(7-5-14)23-13-15(10-20(23)24)12-22-21(25)18-9-8-17(26-2)11-19(18)27-3/h4-9,11,15H,10,12-13H2,1-3H3,(H,22,25). The molecule has 0 spiro atoms. The summed E-state index contributed by atoms with van der Waals surface area (Å²) in [6.45, 7) is 3.05. The number of hydrogen-bond donors (Lipinski definition) is 1. The van der Waals surface area contributed by atoms with Crippen molar-refractivity contribution in [3.63, 3.8) is 0 Å². The Hall–Kier alpha value is -3.02. The van der Waals surface area contributed by atoms with E-state index in [1.54, 1.807) is 30.2 Å². The van der Waals surface area contributed by atoms with Gasteiger partial charge in [-0.2, -0.15) is 0 Å². The number of methoxy groups -OCH3 is 2. The normalized spacial score (nSPS) is 16.3. The number of benzene rings is 2. The summed E-state index contributed by atoms with van der Waals surface area (Å²) in [5.74, 6) is 1.01. The number of nitrogens with zero attached hydrogens (tertiary/aromatic N) is 1. The Labute approximate surface area is 159 Å². The molecule has 0 aliphatic carbocycles. The fourth-order valence-corrected chi connectivity index (χ4v) is 3.21. The summed E-state index contributed by atoms with van der Waals surface area (Å²) >= 11 is 0. The maximum Gasteiger partial charge on any atom is 0.255 e. The fraction of sp³-hybridized carbons (Fsp3) is 0.333. The lowest BCUT2D eigenvalue weighted by Crippen LogP contribution is -2.31. The zero-order valence-electron chi connectivity index (χ0n) is 15.8. The van der Waals surface area contributed by atoms with Crippen LogP contribution in [-0.2, 0) is 4.79 Å². The van der Waals surface area contributed by atoms with Crippen molar-refractivity contribution in [2.75, 3.05) is 32.2 Å². The van der Waals surface area contributed by atoms with Crippen molar-refractivity contribution in [3.05, 3.63) is 53.6 Å². The minimum absolute atomic E-state index is 0.0759. The first-order chi connectivity index (χ1) is 13.0. The van der Waals surface area contributed by atoms with Gasteiger partial charge in [0.15, 0.2) is 0 Å². The lowest BCUT2D eigenvalue weighted by Gasteiger charge is -2.17. The lowest BCUT2D eigenvalue weighted by atomic mass is 10.1. The van der Waals surface area contributed by atoms with Crippen molar-refractivity contribution in [2.45, 2.75) is 13.3 Å². The van der Waals surface area contributed by atoms with E-state index in [4.69, 9.17) is 9.47 Å². The van der Waals surface area contributed by atoms with Crippen LogP contribution >= 0.6 is 0 Å². The molecule has 1 heterocycles. The van der Waals surface area contributed by atoms with Crippen molar-refractivity contribution in [2.24, 2.45) is 5.92 Å². The third kappa shape index (κ3) is 4.22. The van der Waals surface area contributed by atoms with E-state index in [2.05, 4.69) is 5.32 Å². The van der Waals surface area contributed by atoms with Crippen LogP contribution in [0.2, 0.25) is 0 Å². The van der Waals surface area contributed by atoms with E-state index in [9.17, 15) is 9.59 Å². The summed E-state index contributed by atoms with van der Waals surface area (Å²) in [5.41, 5.74) is 2.50. The molecule has 0 saturated carbocycles. The zero-order chi connectivity index (χ0) is 19.4. The quantitative estimate of drug-likeness (QED) is 0.851. The fourth-order valence-electron chi connectivity index (χ4n) is 3.21. The highest BCUT2D eigenvalue weighted by atomic mass is 16.5. The number of carbonyl (C=O) groups excluding carboxylic acids is 2. The van der Waals surface area contributed by atoms with Gasteiger partial charge >= 0.3 is 0 Å². The van der Waals surface area contributed by atoms with E-state index in [0.717, 1.165) is 11.3 Å². The number of amides is 2. The van der Waals surface area contributed by atoms with Gasteiger partial charge in [-0.1, -0.05) is 17.7 Å². The number of anilines is 1. The minimum Gasteiger partial charge on any atom is -0.497 e. The maximum atomic E-state index is 12.5. The molecule has 2 aromatic rings. The van der Waals surface area contributed by atoms with Crippen LogP contribution in [0.15, 0.2) is 42.5 Å².